The quantitative estimate of drug-likeness (QED) is 0.0735. The van der Waals surface area contributed by atoms with Crippen LogP contribution in [0.25, 0.3) is 34.2 Å². The molecule has 0 spiro atoms. The van der Waals surface area contributed by atoms with Gasteiger partial charge < -0.3 is 24.4 Å². The highest BCUT2D eigenvalue weighted by atomic mass is 16.5. The Labute approximate surface area is 318 Å². The maximum absolute atomic E-state index is 11.3. The van der Waals surface area contributed by atoms with E-state index in [-0.39, 0.29) is 23.1 Å². The molecular weight excluding hydrogens is 663 g/mol. The number of hydrogen-bond acceptors (Lipinski definition) is 8. The summed E-state index contributed by atoms with van der Waals surface area (Å²) in [5.74, 6) is 4.44. The number of benzene rings is 3. The van der Waals surface area contributed by atoms with E-state index in [0.29, 0.717) is 66.0 Å². The predicted molar refractivity (Wildman–Crippen MR) is 216 cm³/mol. The molecule has 8 nitrogen and oxygen atoms in total. The lowest BCUT2D eigenvalue weighted by Crippen LogP contribution is -2.11. The number of nitrogens with zero attached hydrogens (tertiary/aromatic N) is 3. The molecule has 8 heteroatoms. The fourth-order valence-electron chi connectivity index (χ4n) is 6.36. The van der Waals surface area contributed by atoms with Gasteiger partial charge in [0.15, 0.2) is 17.5 Å². The monoisotopic (exact) mass is 725 g/mol. The minimum Gasteiger partial charge on any atom is -0.507 e. The van der Waals surface area contributed by atoms with Gasteiger partial charge in [0.2, 0.25) is 0 Å². The third-order valence-corrected chi connectivity index (χ3v) is 10.3. The number of unbranched alkanes of at least 4 members (excludes halogenated alkanes) is 3. The second kappa shape index (κ2) is 22.0. The Hall–Kier alpha value is -4.33. The van der Waals surface area contributed by atoms with Gasteiger partial charge in [-0.3, -0.25) is 0 Å². The summed E-state index contributed by atoms with van der Waals surface area (Å²) in [6.45, 7) is 15.1. The first kappa shape index (κ1) is 41.4. The number of aromatic nitrogens is 3. The van der Waals surface area contributed by atoms with Crippen molar-refractivity contribution < 1.29 is 24.4 Å². The van der Waals surface area contributed by atoms with Crippen LogP contribution < -0.4 is 14.2 Å². The van der Waals surface area contributed by atoms with E-state index < -0.39 is 0 Å². The number of phenols is 2. The zero-order chi connectivity index (χ0) is 38.0. The van der Waals surface area contributed by atoms with Gasteiger partial charge >= 0.3 is 0 Å². The number of hydrogen-bond donors (Lipinski definition) is 2. The Morgan fingerprint density at radius 2 is 0.830 bits per heavy atom. The summed E-state index contributed by atoms with van der Waals surface area (Å²) in [6.07, 6.45) is 13.6. The molecule has 4 aromatic rings. The van der Waals surface area contributed by atoms with Crippen LogP contribution in [-0.4, -0.2) is 45.0 Å². The second-order valence-electron chi connectivity index (χ2n) is 14.4. The SMILES string of the molecule is CCCCC(CC)COc1ccc(-c2nc(-c3ccc(OCC(CC)CCCC)cc3O)nc(-c3ccc(OCC(CC)CCCC)cc3O)n2)cc1. The average molecular weight is 726 g/mol. The third-order valence-electron chi connectivity index (χ3n) is 10.3. The highest BCUT2D eigenvalue weighted by Gasteiger charge is 2.19. The lowest BCUT2D eigenvalue weighted by atomic mass is 10.0. The molecule has 1 heterocycles. The Bertz CT molecular complexity index is 1570. The van der Waals surface area contributed by atoms with Crippen LogP contribution in [0.5, 0.6) is 28.7 Å². The molecule has 0 bridgehead atoms. The Morgan fingerprint density at radius 3 is 1.19 bits per heavy atom. The molecule has 0 saturated carbocycles. The van der Waals surface area contributed by atoms with Crippen molar-refractivity contribution in [2.24, 2.45) is 17.8 Å². The van der Waals surface area contributed by atoms with E-state index in [0.717, 1.165) is 62.7 Å². The molecule has 4 rings (SSSR count). The van der Waals surface area contributed by atoms with Crippen LogP contribution in [0.15, 0.2) is 60.7 Å². The summed E-state index contributed by atoms with van der Waals surface area (Å²) >= 11 is 0. The Kier molecular flexibility index (Phi) is 17.2. The van der Waals surface area contributed by atoms with Gasteiger partial charge in [-0.25, -0.2) is 15.0 Å². The normalized spacial score (nSPS) is 13.0. The minimum atomic E-state index is 0.00558. The predicted octanol–water partition coefficient (Wildman–Crippen LogP) is 12.1. The highest BCUT2D eigenvalue weighted by Crippen LogP contribution is 2.36. The molecule has 288 valence electrons. The molecule has 3 aromatic carbocycles. The standard InChI is InChI=1S/C45H63N3O5/c1-7-13-16-32(10-4)29-51-36-21-19-35(20-22-36)43-46-44(39-25-23-37(27-41(39)49)52-30-33(11-5)17-14-8-2)48-45(47-43)40-26-24-38(28-42(40)50)53-31-34(12-6)18-15-9-3/h19-28,32-34,49-50H,7-18,29-31H2,1-6H3. The third kappa shape index (κ3) is 12.6. The molecule has 2 N–H and O–H groups in total. The lowest BCUT2D eigenvalue weighted by molar-refractivity contribution is 0.232. The molecule has 53 heavy (non-hydrogen) atoms. The van der Waals surface area contributed by atoms with Gasteiger partial charge in [-0.15, -0.1) is 0 Å². The highest BCUT2D eigenvalue weighted by molar-refractivity contribution is 5.73. The van der Waals surface area contributed by atoms with E-state index in [2.05, 4.69) is 41.5 Å². The van der Waals surface area contributed by atoms with Gasteiger partial charge in [-0.2, -0.15) is 0 Å². The summed E-state index contributed by atoms with van der Waals surface area (Å²) in [5.41, 5.74) is 1.64. The summed E-state index contributed by atoms with van der Waals surface area (Å²) in [7, 11) is 0. The van der Waals surface area contributed by atoms with Crippen molar-refractivity contribution in [2.45, 2.75) is 119 Å². The topological polar surface area (TPSA) is 107 Å². The van der Waals surface area contributed by atoms with Crippen LogP contribution in [-0.2, 0) is 0 Å². The fraction of sp³-hybridized carbons (Fsp3) is 0.533. The molecule has 3 atom stereocenters. The van der Waals surface area contributed by atoms with Crippen molar-refractivity contribution >= 4 is 0 Å². The first-order chi connectivity index (χ1) is 25.8. The summed E-state index contributed by atoms with van der Waals surface area (Å²) in [5, 5.41) is 22.5. The van der Waals surface area contributed by atoms with Gasteiger partial charge in [0, 0.05) is 17.7 Å². The Balaban J connectivity index is 1.64. The van der Waals surface area contributed by atoms with E-state index in [1.807, 2.05) is 36.4 Å². The van der Waals surface area contributed by atoms with E-state index in [4.69, 9.17) is 29.2 Å². The summed E-state index contributed by atoms with van der Waals surface area (Å²) in [6, 6.07) is 18.2. The van der Waals surface area contributed by atoms with Crippen molar-refractivity contribution in [2.75, 3.05) is 19.8 Å². The molecule has 0 aliphatic heterocycles. The van der Waals surface area contributed by atoms with Crippen molar-refractivity contribution in [1.29, 1.82) is 0 Å². The zero-order valence-electron chi connectivity index (χ0n) is 33.1. The average Bonchev–Trinajstić information content (AvgIpc) is 3.18. The molecule has 0 saturated heterocycles. The van der Waals surface area contributed by atoms with Crippen LogP contribution in [0.3, 0.4) is 0 Å². The minimum absolute atomic E-state index is 0.00558. The van der Waals surface area contributed by atoms with Gasteiger partial charge in [-0.05, 0) is 85.5 Å². The molecule has 3 unspecified atom stereocenters. The molecule has 0 amide bonds. The number of rotatable bonds is 24. The Morgan fingerprint density at radius 1 is 0.472 bits per heavy atom. The maximum atomic E-state index is 11.3. The summed E-state index contributed by atoms with van der Waals surface area (Å²) in [4.78, 5) is 14.4. The second-order valence-corrected chi connectivity index (χ2v) is 14.4. The molecule has 0 aliphatic carbocycles. The van der Waals surface area contributed by atoms with Crippen LogP contribution in [0.4, 0.5) is 0 Å². The van der Waals surface area contributed by atoms with Crippen LogP contribution >= 0.6 is 0 Å². The number of aromatic hydroxyl groups is 2. The smallest absolute Gasteiger partial charge is 0.167 e. The summed E-state index contributed by atoms with van der Waals surface area (Å²) < 4.78 is 18.4. The molecule has 0 aliphatic rings. The molecule has 0 radical (unpaired) electrons. The van der Waals surface area contributed by atoms with Gasteiger partial charge in [0.05, 0.1) is 30.9 Å². The largest absolute Gasteiger partial charge is 0.507 e. The van der Waals surface area contributed by atoms with E-state index in [1.54, 1.807) is 24.3 Å². The first-order valence-corrected chi connectivity index (χ1v) is 20.2. The lowest BCUT2D eigenvalue weighted by Gasteiger charge is -2.17. The number of ether oxygens (including phenoxy) is 3. The van der Waals surface area contributed by atoms with Crippen LogP contribution in [0.2, 0.25) is 0 Å². The molecule has 1 aromatic heterocycles. The van der Waals surface area contributed by atoms with Gasteiger partial charge in [0.25, 0.3) is 0 Å². The van der Waals surface area contributed by atoms with Crippen molar-refractivity contribution in [3.8, 4) is 62.9 Å². The van der Waals surface area contributed by atoms with Gasteiger partial charge in [-0.1, -0.05) is 99.3 Å². The van der Waals surface area contributed by atoms with Crippen molar-refractivity contribution in [3.63, 3.8) is 0 Å². The first-order valence-electron chi connectivity index (χ1n) is 20.2. The van der Waals surface area contributed by atoms with E-state index in [1.165, 1.54) is 25.7 Å². The van der Waals surface area contributed by atoms with E-state index in [9.17, 15) is 10.2 Å². The van der Waals surface area contributed by atoms with Crippen LogP contribution in [0.1, 0.15) is 119 Å². The fourth-order valence-corrected chi connectivity index (χ4v) is 6.36. The number of phenolic OH excluding ortho intramolecular Hbond substituents is 2. The van der Waals surface area contributed by atoms with Gasteiger partial charge in [0.1, 0.15) is 28.7 Å². The zero-order valence-corrected chi connectivity index (χ0v) is 33.1. The van der Waals surface area contributed by atoms with Crippen molar-refractivity contribution in [1.82, 2.24) is 15.0 Å². The molecular formula is C45H63N3O5. The van der Waals surface area contributed by atoms with Crippen molar-refractivity contribution in [3.05, 3.63) is 60.7 Å². The van der Waals surface area contributed by atoms with E-state index >= 15 is 0 Å². The van der Waals surface area contributed by atoms with Crippen LogP contribution in [0, 0.1) is 17.8 Å². The molecule has 0 fully saturated rings. The maximum Gasteiger partial charge on any atom is 0.167 e.